The molecule has 0 aliphatic carbocycles. The van der Waals surface area contributed by atoms with Gasteiger partial charge in [0.1, 0.15) is 5.82 Å². The monoisotopic (exact) mass is 402 g/mol. The zero-order valence-corrected chi connectivity index (χ0v) is 16.4. The first kappa shape index (κ1) is 18.0. The van der Waals surface area contributed by atoms with Gasteiger partial charge in [-0.2, -0.15) is 0 Å². The standard InChI is InChI=1S/C20H23FN4O2S/c21-16-5-3-14(4-6-16)10-24-11-17-18(12-24)28(26,27)13-15-9-22-20(23-19(15)17)25-7-1-2-8-25/h3-6,9,17-18H,1-2,7-8,10-13H2/t17-,18+/m0/s1. The Balaban J connectivity index is 1.44. The Morgan fingerprint density at radius 3 is 2.61 bits per heavy atom. The van der Waals surface area contributed by atoms with Crippen LogP contribution in [0.4, 0.5) is 10.3 Å². The van der Waals surface area contributed by atoms with Crippen molar-refractivity contribution in [3.05, 3.63) is 53.1 Å². The van der Waals surface area contributed by atoms with Gasteiger partial charge in [-0.1, -0.05) is 12.1 Å². The predicted octanol–water partition coefficient (Wildman–Crippen LogP) is 2.11. The predicted molar refractivity (Wildman–Crippen MR) is 104 cm³/mol. The highest BCUT2D eigenvalue weighted by atomic mass is 32.2. The van der Waals surface area contributed by atoms with Crippen molar-refractivity contribution in [2.24, 2.45) is 0 Å². The van der Waals surface area contributed by atoms with Gasteiger partial charge in [0.25, 0.3) is 0 Å². The third-order valence-electron chi connectivity index (χ3n) is 6.10. The van der Waals surface area contributed by atoms with E-state index in [1.54, 1.807) is 18.3 Å². The van der Waals surface area contributed by atoms with E-state index in [2.05, 4.69) is 14.8 Å². The first-order chi connectivity index (χ1) is 13.5. The lowest BCUT2D eigenvalue weighted by Crippen LogP contribution is -2.35. The molecular weight excluding hydrogens is 379 g/mol. The summed E-state index contributed by atoms with van der Waals surface area (Å²) >= 11 is 0. The van der Waals surface area contributed by atoms with Crippen LogP contribution in [0.25, 0.3) is 0 Å². The third kappa shape index (κ3) is 3.18. The van der Waals surface area contributed by atoms with Crippen molar-refractivity contribution in [2.45, 2.75) is 36.3 Å². The molecule has 3 aliphatic heterocycles. The molecule has 0 spiro atoms. The Morgan fingerprint density at radius 1 is 1.11 bits per heavy atom. The molecule has 8 heteroatoms. The maximum absolute atomic E-state index is 13.2. The highest BCUT2D eigenvalue weighted by Gasteiger charge is 2.47. The van der Waals surface area contributed by atoms with E-state index in [-0.39, 0.29) is 17.5 Å². The lowest BCUT2D eigenvalue weighted by atomic mass is 10.00. The SMILES string of the molecule is O=S1(=O)Cc2cnc(N3CCCC3)nc2[C@H]2CN(Cc3ccc(F)cc3)C[C@H]21. The van der Waals surface area contributed by atoms with Gasteiger partial charge in [0.2, 0.25) is 5.95 Å². The minimum atomic E-state index is -3.23. The molecule has 5 rings (SSSR count). The average Bonchev–Trinajstić information content (AvgIpc) is 3.34. The maximum Gasteiger partial charge on any atom is 0.225 e. The van der Waals surface area contributed by atoms with Gasteiger partial charge in [-0.3, -0.25) is 4.90 Å². The van der Waals surface area contributed by atoms with Gasteiger partial charge in [0, 0.05) is 50.4 Å². The zero-order chi connectivity index (χ0) is 19.3. The highest BCUT2D eigenvalue weighted by Crippen LogP contribution is 2.40. The molecule has 0 bridgehead atoms. The number of aromatic nitrogens is 2. The van der Waals surface area contributed by atoms with Crippen LogP contribution in [0.1, 0.15) is 35.6 Å². The summed E-state index contributed by atoms with van der Waals surface area (Å²) in [7, 11) is -3.23. The second kappa shape index (κ2) is 6.77. The van der Waals surface area contributed by atoms with Crippen LogP contribution in [0, 0.1) is 5.82 Å². The number of hydrogen-bond acceptors (Lipinski definition) is 6. The molecule has 1 aromatic heterocycles. The molecule has 2 aromatic rings. The number of benzene rings is 1. The number of likely N-dealkylation sites (tertiary alicyclic amines) is 1. The van der Waals surface area contributed by atoms with Gasteiger partial charge in [-0.05, 0) is 30.5 Å². The number of hydrogen-bond donors (Lipinski definition) is 0. The molecule has 28 heavy (non-hydrogen) atoms. The minimum absolute atomic E-state index is 0.0220. The molecule has 0 amide bonds. The summed E-state index contributed by atoms with van der Waals surface area (Å²) in [6.45, 7) is 3.67. The van der Waals surface area contributed by atoms with Crippen LogP contribution in [0.3, 0.4) is 0 Å². The van der Waals surface area contributed by atoms with Crippen LogP contribution >= 0.6 is 0 Å². The second-order valence-corrected chi connectivity index (χ2v) is 10.3. The Hall–Kier alpha value is -2.06. The van der Waals surface area contributed by atoms with E-state index in [1.165, 1.54) is 12.1 Å². The van der Waals surface area contributed by atoms with Crippen LogP contribution in [0.2, 0.25) is 0 Å². The van der Waals surface area contributed by atoms with Crippen molar-refractivity contribution in [1.29, 1.82) is 0 Å². The van der Waals surface area contributed by atoms with E-state index in [9.17, 15) is 12.8 Å². The molecule has 1 aromatic carbocycles. The van der Waals surface area contributed by atoms with E-state index in [1.807, 2.05) is 0 Å². The minimum Gasteiger partial charge on any atom is -0.341 e. The van der Waals surface area contributed by atoms with Gasteiger partial charge < -0.3 is 4.90 Å². The number of halogens is 1. The third-order valence-corrected chi connectivity index (χ3v) is 8.22. The number of fused-ring (bicyclic) bond motifs is 3. The van der Waals surface area contributed by atoms with Crippen LogP contribution < -0.4 is 4.90 Å². The first-order valence-corrected chi connectivity index (χ1v) is 11.5. The topological polar surface area (TPSA) is 66.4 Å². The molecule has 2 saturated heterocycles. The molecule has 0 saturated carbocycles. The fraction of sp³-hybridized carbons (Fsp3) is 0.500. The zero-order valence-electron chi connectivity index (χ0n) is 15.6. The molecule has 6 nitrogen and oxygen atoms in total. The molecule has 0 radical (unpaired) electrons. The summed E-state index contributed by atoms with van der Waals surface area (Å²) < 4.78 is 38.9. The molecule has 0 unspecified atom stereocenters. The highest BCUT2D eigenvalue weighted by molar-refractivity contribution is 7.91. The quantitative estimate of drug-likeness (QED) is 0.784. The van der Waals surface area contributed by atoms with Gasteiger partial charge in [-0.15, -0.1) is 0 Å². The van der Waals surface area contributed by atoms with Crippen LogP contribution in [-0.2, 0) is 22.1 Å². The summed E-state index contributed by atoms with van der Waals surface area (Å²) in [6.07, 6.45) is 4.00. The van der Waals surface area contributed by atoms with Gasteiger partial charge in [0.05, 0.1) is 16.7 Å². The lowest BCUT2D eigenvalue weighted by Gasteiger charge is -2.27. The molecule has 4 heterocycles. The van der Waals surface area contributed by atoms with E-state index < -0.39 is 15.1 Å². The van der Waals surface area contributed by atoms with Crippen molar-refractivity contribution in [1.82, 2.24) is 14.9 Å². The first-order valence-electron chi connectivity index (χ1n) is 9.79. The van der Waals surface area contributed by atoms with Gasteiger partial charge in [-0.25, -0.2) is 22.8 Å². The lowest BCUT2D eigenvalue weighted by molar-refractivity contribution is 0.326. The Labute approximate surface area is 164 Å². The van der Waals surface area contributed by atoms with Crippen LogP contribution in [0.15, 0.2) is 30.5 Å². The molecule has 148 valence electrons. The Bertz CT molecular complexity index is 990. The molecule has 2 atom stereocenters. The normalized spacial score (nSPS) is 26.2. The Morgan fingerprint density at radius 2 is 1.86 bits per heavy atom. The molecular formula is C20H23FN4O2S. The van der Waals surface area contributed by atoms with Crippen molar-refractivity contribution in [3.8, 4) is 0 Å². The summed E-state index contributed by atoms with van der Waals surface area (Å²) in [4.78, 5) is 13.6. The average molecular weight is 402 g/mol. The summed E-state index contributed by atoms with van der Waals surface area (Å²) in [6, 6.07) is 6.40. The number of rotatable bonds is 3. The summed E-state index contributed by atoms with van der Waals surface area (Å²) in [5.74, 6) is 0.361. The summed E-state index contributed by atoms with van der Waals surface area (Å²) in [5.41, 5.74) is 2.63. The van der Waals surface area contributed by atoms with Crippen molar-refractivity contribution < 1.29 is 12.8 Å². The number of anilines is 1. The largest absolute Gasteiger partial charge is 0.341 e. The van der Waals surface area contributed by atoms with Gasteiger partial charge in [0.15, 0.2) is 9.84 Å². The second-order valence-electron chi connectivity index (χ2n) is 8.05. The maximum atomic E-state index is 13.2. The molecule has 2 fully saturated rings. The van der Waals surface area contributed by atoms with Gasteiger partial charge >= 0.3 is 0 Å². The summed E-state index contributed by atoms with van der Waals surface area (Å²) in [5, 5.41) is -0.429. The molecule has 3 aliphatic rings. The van der Waals surface area contributed by atoms with E-state index in [0.717, 1.165) is 48.7 Å². The Kier molecular flexibility index (Phi) is 4.35. The number of sulfone groups is 1. The van der Waals surface area contributed by atoms with E-state index in [0.29, 0.717) is 19.6 Å². The van der Waals surface area contributed by atoms with Crippen LogP contribution in [-0.4, -0.2) is 54.7 Å². The smallest absolute Gasteiger partial charge is 0.225 e. The van der Waals surface area contributed by atoms with E-state index >= 15 is 0 Å². The van der Waals surface area contributed by atoms with Crippen molar-refractivity contribution in [2.75, 3.05) is 31.1 Å². The van der Waals surface area contributed by atoms with Crippen molar-refractivity contribution in [3.63, 3.8) is 0 Å². The fourth-order valence-corrected chi connectivity index (χ4v) is 6.71. The molecule has 0 N–H and O–H groups in total. The fourth-order valence-electron chi connectivity index (χ4n) is 4.69. The number of nitrogens with zero attached hydrogens (tertiary/aromatic N) is 4. The van der Waals surface area contributed by atoms with E-state index in [4.69, 9.17) is 4.98 Å². The van der Waals surface area contributed by atoms with Crippen LogP contribution in [0.5, 0.6) is 0 Å². The van der Waals surface area contributed by atoms with Crippen molar-refractivity contribution >= 4 is 15.8 Å².